The number of hydrogen-bond acceptors (Lipinski definition) is 4. The first-order valence-electron chi connectivity index (χ1n) is 10.1. The van der Waals surface area contributed by atoms with Gasteiger partial charge in [-0.05, 0) is 85.3 Å². The fourth-order valence-electron chi connectivity index (χ4n) is 4.95. The van der Waals surface area contributed by atoms with Gasteiger partial charge in [-0.2, -0.15) is 0 Å². The Morgan fingerprint density at radius 1 is 1.26 bits per heavy atom. The van der Waals surface area contributed by atoms with E-state index in [-0.39, 0.29) is 11.0 Å². The van der Waals surface area contributed by atoms with Crippen molar-refractivity contribution in [3.8, 4) is 0 Å². The molecule has 146 valence electrons. The number of halogens is 1. The highest BCUT2D eigenvalue weighted by molar-refractivity contribution is 9.11. The quantitative estimate of drug-likeness (QED) is 0.570. The molecule has 2 aliphatic rings. The van der Waals surface area contributed by atoms with Gasteiger partial charge in [0.1, 0.15) is 0 Å². The van der Waals surface area contributed by atoms with Crippen molar-refractivity contribution in [1.82, 2.24) is 10.3 Å². The first-order valence-corrected chi connectivity index (χ1v) is 11.7. The topological polar surface area (TPSA) is 34.2 Å². The minimum absolute atomic E-state index is 0.103. The number of aromatic nitrogens is 1. The molecule has 2 aromatic rings. The molecule has 1 spiro atoms. The number of nitrogens with one attached hydrogen (secondary N) is 1. The Kier molecular flexibility index (Phi) is 6.03. The largest absolute Gasteiger partial charge is 0.375 e. The maximum atomic E-state index is 6.34. The number of hydrogen-bond donors (Lipinski definition) is 1. The molecule has 1 atom stereocenters. The molecule has 1 N–H and O–H groups in total. The van der Waals surface area contributed by atoms with E-state index in [1.807, 2.05) is 23.6 Å². The standard InChI is InChI=1S/C22H29BrN2OS/c1-17-14-18(27-20(17)23)15-24-12-9-21(19-6-2-5-11-25-19)10-13-26-22(16-21)7-3-4-8-22/h2,5-6,11,14,24H,3-4,7-10,12-13,15-16H2,1H3/t21-/m1/s1. The Hall–Kier alpha value is -0.750. The van der Waals surface area contributed by atoms with Crippen molar-refractivity contribution in [2.24, 2.45) is 0 Å². The van der Waals surface area contributed by atoms with Crippen molar-refractivity contribution < 1.29 is 4.74 Å². The van der Waals surface area contributed by atoms with Crippen LogP contribution in [0.1, 0.15) is 61.1 Å². The average Bonchev–Trinajstić information content (AvgIpc) is 3.26. The van der Waals surface area contributed by atoms with Crippen LogP contribution in [-0.4, -0.2) is 23.7 Å². The summed E-state index contributed by atoms with van der Waals surface area (Å²) >= 11 is 5.46. The molecule has 0 radical (unpaired) electrons. The van der Waals surface area contributed by atoms with Gasteiger partial charge in [0.2, 0.25) is 0 Å². The molecule has 0 amide bonds. The molecule has 1 saturated carbocycles. The van der Waals surface area contributed by atoms with E-state index in [1.54, 1.807) is 0 Å². The van der Waals surface area contributed by atoms with Gasteiger partial charge in [-0.25, -0.2) is 0 Å². The van der Waals surface area contributed by atoms with E-state index in [2.05, 4.69) is 46.4 Å². The molecular formula is C22H29BrN2OS. The predicted molar refractivity (Wildman–Crippen MR) is 115 cm³/mol. The Morgan fingerprint density at radius 3 is 2.81 bits per heavy atom. The second-order valence-electron chi connectivity index (χ2n) is 8.26. The molecule has 2 fully saturated rings. The zero-order chi connectivity index (χ0) is 18.7. The van der Waals surface area contributed by atoms with E-state index in [1.165, 1.54) is 45.6 Å². The molecule has 0 unspecified atom stereocenters. The zero-order valence-corrected chi connectivity index (χ0v) is 18.5. The van der Waals surface area contributed by atoms with E-state index in [9.17, 15) is 0 Å². The van der Waals surface area contributed by atoms with Crippen LogP contribution in [0.4, 0.5) is 0 Å². The van der Waals surface area contributed by atoms with E-state index in [0.29, 0.717) is 0 Å². The van der Waals surface area contributed by atoms with Crippen molar-refractivity contribution in [2.45, 2.75) is 69.4 Å². The molecule has 27 heavy (non-hydrogen) atoms. The minimum atomic E-state index is 0.103. The minimum Gasteiger partial charge on any atom is -0.375 e. The van der Waals surface area contributed by atoms with Crippen LogP contribution in [0.2, 0.25) is 0 Å². The van der Waals surface area contributed by atoms with Crippen molar-refractivity contribution >= 4 is 27.3 Å². The van der Waals surface area contributed by atoms with Gasteiger partial charge < -0.3 is 10.1 Å². The van der Waals surface area contributed by atoms with Gasteiger partial charge in [-0.1, -0.05) is 18.9 Å². The summed E-state index contributed by atoms with van der Waals surface area (Å²) in [6.45, 7) is 4.98. The maximum Gasteiger partial charge on any atom is 0.0730 e. The summed E-state index contributed by atoms with van der Waals surface area (Å²) in [5.74, 6) is 0. The Morgan fingerprint density at radius 2 is 2.11 bits per heavy atom. The lowest BCUT2D eigenvalue weighted by molar-refractivity contribution is -0.104. The summed E-state index contributed by atoms with van der Waals surface area (Å²) in [6.07, 6.45) is 10.3. The number of rotatable bonds is 6. The highest BCUT2D eigenvalue weighted by Crippen LogP contribution is 2.49. The zero-order valence-electron chi connectivity index (χ0n) is 16.1. The lowest BCUT2D eigenvalue weighted by Crippen LogP contribution is -2.47. The van der Waals surface area contributed by atoms with Gasteiger partial charge in [-0.3, -0.25) is 4.98 Å². The average molecular weight is 449 g/mol. The number of thiophene rings is 1. The summed E-state index contributed by atoms with van der Waals surface area (Å²) in [6, 6.07) is 8.67. The van der Waals surface area contributed by atoms with Gasteiger partial charge in [0.05, 0.1) is 9.39 Å². The predicted octanol–water partition coefficient (Wildman–Crippen LogP) is 5.75. The van der Waals surface area contributed by atoms with Crippen molar-refractivity contribution in [2.75, 3.05) is 13.2 Å². The van der Waals surface area contributed by atoms with Gasteiger partial charge in [0.25, 0.3) is 0 Å². The first-order chi connectivity index (χ1) is 13.1. The summed E-state index contributed by atoms with van der Waals surface area (Å²) in [4.78, 5) is 6.19. The number of aryl methyl sites for hydroxylation is 1. The van der Waals surface area contributed by atoms with Gasteiger partial charge >= 0.3 is 0 Å². The van der Waals surface area contributed by atoms with Crippen molar-refractivity contribution in [3.63, 3.8) is 0 Å². The number of pyridine rings is 1. The Labute approximate surface area is 175 Å². The molecule has 5 heteroatoms. The molecule has 3 nitrogen and oxygen atoms in total. The first kappa shape index (κ1) is 19.6. The van der Waals surface area contributed by atoms with Gasteiger partial charge in [0, 0.05) is 35.3 Å². The summed E-state index contributed by atoms with van der Waals surface area (Å²) in [7, 11) is 0. The number of ether oxygens (including phenoxy) is 1. The smallest absolute Gasteiger partial charge is 0.0730 e. The van der Waals surface area contributed by atoms with Gasteiger partial charge in [-0.15, -0.1) is 11.3 Å². The molecule has 0 bridgehead atoms. The van der Waals surface area contributed by atoms with Crippen LogP contribution in [0.3, 0.4) is 0 Å². The molecule has 1 saturated heterocycles. The third-order valence-electron chi connectivity index (χ3n) is 6.36. The fourth-order valence-corrected chi connectivity index (χ4v) is 6.54. The summed E-state index contributed by atoms with van der Waals surface area (Å²) in [5, 5.41) is 3.68. The monoisotopic (exact) mass is 448 g/mol. The van der Waals surface area contributed by atoms with Crippen LogP contribution < -0.4 is 5.32 Å². The van der Waals surface area contributed by atoms with Gasteiger partial charge in [0.15, 0.2) is 0 Å². The summed E-state index contributed by atoms with van der Waals surface area (Å²) in [5.41, 5.74) is 2.83. The molecule has 2 aromatic heterocycles. The fraction of sp³-hybridized carbons (Fsp3) is 0.591. The second kappa shape index (κ2) is 8.32. The van der Waals surface area contributed by atoms with Crippen LogP contribution in [0, 0.1) is 6.92 Å². The molecule has 4 rings (SSSR count). The Balaban J connectivity index is 1.45. The molecule has 0 aromatic carbocycles. The van der Waals surface area contributed by atoms with Crippen LogP contribution in [0.15, 0.2) is 34.2 Å². The van der Waals surface area contributed by atoms with E-state index >= 15 is 0 Å². The molecular weight excluding hydrogens is 420 g/mol. The lowest BCUT2D eigenvalue weighted by atomic mass is 9.68. The highest BCUT2D eigenvalue weighted by atomic mass is 79.9. The molecule has 1 aliphatic heterocycles. The molecule has 1 aliphatic carbocycles. The van der Waals surface area contributed by atoms with E-state index < -0.39 is 0 Å². The number of nitrogens with zero attached hydrogens (tertiary/aromatic N) is 1. The second-order valence-corrected chi connectivity index (χ2v) is 10.7. The van der Waals surface area contributed by atoms with E-state index in [0.717, 1.165) is 39.0 Å². The van der Waals surface area contributed by atoms with Crippen LogP contribution >= 0.6 is 27.3 Å². The Bertz CT molecular complexity index is 737. The summed E-state index contributed by atoms with van der Waals surface area (Å²) < 4.78 is 7.59. The van der Waals surface area contributed by atoms with Crippen LogP contribution in [-0.2, 0) is 16.7 Å². The maximum absolute atomic E-state index is 6.34. The normalized spacial score (nSPS) is 24.5. The van der Waals surface area contributed by atoms with Crippen LogP contribution in [0.25, 0.3) is 0 Å². The van der Waals surface area contributed by atoms with E-state index in [4.69, 9.17) is 9.72 Å². The SMILES string of the molecule is Cc1cc(CNCC[C@@]2(c3ccccn3)CCOC3(CCCC3)C2)sc1Br. The molecule has 3 heterocycles. The van der Waals surface area contributed by atoms with Crippen LogP contribution in [0.5, 0.6) is 0 Å². The lowest BCUT2D eigenvalue weighted by Gasteiger charge is -2.46. The third-order valence-corrected chi connectivity index (χ3v) is 8.50. The van der Waals surface area contributed by atoms with Crippen molar-refractivity contribution in [3.05, 3.63) is 50.4 Å². The highest BCUT2D eigenvalue weighted by Gasteiger charge is 2.48. The third kappa shape index (κ3) is 4.31. The van der Waals surface area contributed by atoms with Crippen molar-refractivity contribution in [1.29, 1.82) is 0 Å².